The molecule has 15 heavy (non-hydrogen) atoms. The monoisotopic (exact) mass is 211 g/mol. The van der Waals surface area contributed by atoms with Crippen LogP contribution in [-0.2, 0) is 11.2 Å². The number of carbonyl (C=O) groups is 1. The lowest BCUT2D eigenvalue weighted by Crippen LogP contribution is -2.28. The smallest absolute Gasteiger partial charge is 0.137 e. The first-order valence-corrected chi connectivity index (χ1v) is 5.13. The van der Waals surface area contributed by atoms with Crippen LogP contribution in [0.5, 0.6) is 0 Å². The molecule has 3 heteroatoms. The second-order valence-corrected chi connectivity index (χ2v) is 2.86. The van der Waals surface area contributed by atoms with E-state index in [1.165, 1.54) is 12.1 Å². The molecule has 1 unspecified atom stereocenters. The van der Waals surface area contributed by atoms with E-state index >= 15 is 0 Å². The molecule has 0 spiro atoms. The predicted molar refractivity (Wildman–Crippen MR) is 60.4 cm³/mol. The molecule has 1 aromatic rings. The number of nitrogens with one attached hydrogen (secondary N) is 1. The van der Waals surface area contributed by atoms with Crippen LogP contribution < -0.4 is 5.32 Å². The zero-order chi connectivity index (χ0) is 11.7. The second-order valence-electron chi connectivity index (χ2n) is 2.86. The highest BCUT2D eigenvalue weighted by Gasteiger charge is 2.04. The molecule has 1 rings (SSSR count). The summed E-state index contributed by atoms with van der Waals surface area (Å²) >= 11 is 0. The lowest BCUT2D eigenvalue weighted by Gasteiger charge is -2.07. The van der Waals surface area contributed by atoms with Crippen LogP contribution in [0.15, 0.2) is 24.3 Å². The number of carbonyl (C=O) groups excluding carboxylic acids is 1. The molecule has 0 aliphatic carbocycles. The summed E-state index contributed by atoms with van der Waals surface area (Å²) in [6.07, 6.45) is 1.45. The lowest BCUT2D eigenvalue weighted by atomic mass is 10.1. The van der Waals surface area contributed by atoms with Crippen molar-refractivity contribution in [2.45, 2.75) is 26.3 Å². The van der Waals surface area contributed by atoms with Gasteiger partial charge in [-0.25, -0.2) is 4.39 Å². The molecule has 0 amide bonds. The van der Waals surface area contributed by atoms with Crippen LogP contribution >= 0.6 is 0 Å². The van der Waals surface area contributed by atoms with Gasteiger partial charge in [-0.05, 0) is 31.2 Å². The molecule has 0 aliphatic heterocycles. The minimum absolute atomic E-state index is 0.189. The van der Waals surface area contributed by atoms with Crippen LogP contribution in [-0.4, -0.2) is 19.4 Å². The Balaban J connectivity index is 0.000000921. The SMILES string of the molecule is CC.CNC(C=O)Cc1ccc(F)cc1. The van der Waals surface area contributed by atoms with E-state index in [0.29, 0.717) is 6.42 Å². The van der Waals surface area contributed by atoms with Gasteiger partial charge in [0.25, 0.3) is 0 Å². The number of benzene rings is 1. The fraction of sp³-hybridized carbons (Fsp3) is 0.417. The summed E-state index contributed by atoms with van der Waals surface area (Å²) in [6, 6.07) is 5.97. The Hall–Kier alpha value is -1.22. The first-order chi connectivity index (χ1) is 7.26. The van der Waals surface area contributed by atoms with Crippen LogP contribution in [0.25, 0.3) is 0 Å². The summed E-state index contributed by atoms with van der Waals surface area (Å²) < 4.78 is 12.5. The van der Waals surface area contributed by atoms with Crippen LogP contribution in [0.2, 0.25) is 0 Å². The van der Waals surface area contributed by atoms with E-state index in [-0.39, 0.29) is 11.9 Å². The normalized spacial score (nSPS) is 11.2. The first kappa shape index (κ1) is 13.8. The maximum absolute atomic E-state index is 12.5. The summed E-state index contributed by atoms with van der Waals surface area (Å²) in [7, 11) is 1.72. The van der Waals surface area contributed by atoms with Crippen molar-refractivity contribution >= 4 is 6.29 Å². The zero-order valence-corrected chi connectivity index (χ0v) is 9.46. The maximum Gasteiger partial charge on any atom is 0.137 e. The molecular formula is C12H18FNO. The third-order valence-corrected chi connectivity index (χ3v) is 1.90. The van der Waals surface area contributed by atoms with Crippen molar-refractivity contribution in [1.82, 2.24) is 5.32 Å². The lowest BCUT2D eigenvalue weighted by molar-refractivity contribution is -0.109. The van der Waals surface area contributed by atoms with E-state index in [1.54, 1.807) is 19.2 Å². The van der Waals surface area contributed by atoms with E-state index in [1.807, 2.05) is 13.8 Å². The predicted octanol–water partition coefficient (Wildman–Crippen LogP) is 2.18. The van der Waals surface area contributed by atoms with Crippen molar-refractivity contribution < 1.29 is 9.18 Å². The van der Waals surface area contributed by atoms with Crippen LogP contribution in [0, 0.1) is 5.82 Å². The molecule has 0 saturated heterocycles. The Morgan fingerprint density at radius 1 is 1.33 bits per heavy atom. The summed E-state index contributed by atoms with van der Waals surface area (Å²) in [5.74, 6) is -0.254. The van der Waals surface area contributed by atoms with E-state index in [0.717, 1.165) is 11.8 Å². The molecule has 0 radical (unpaired) electrons. The summed E-state index contributed by atoms with van der Waals surface area (Å²) in [5, 5.41) is 2.85. The Labute approximate surface area is 90.5 Å². The fourth-order valence-electron chi connectivity index (χ4n) is 1.09. The van der Waals surface area contributed by atoms with Crippen molar-refractivity contribution in [2.24, 2.45) is 0 Å². The molecular weight excluding hydrogens is 193 g/mol. The minimum atomic E-state index is -0.254. The molecule has 1 N–H and O–H groups in total. The number of hydrogen-bond acceptors (Lipinski definition) is 2. The van der Waals surface area contributed by atoms with Gasteiger partial charge in [-0.15, -0.1) is 0 Å². The number of hydrogen-bond donors (Lipinski definition) is 1. The Kier molecular flexibility index (Phi) is 7.46. The highest BCUT2D eigenvalue weighted by atomic mass is 19.1. The highest BCUT2D eigenvalue weighted by Crippen LogP contribution is 2.04. The van der Waals surface area contributed by atoms with Gasteiger partial charge in [0.2, 0.25) is 0 Å². The molecule has 0 aromatic heterocycles. The maximum atomic E-state index is 12.5. The topological polar surface area (TPSA) is 29.1 Å². The molecule has 0 bridgehead atoms. The second kappa shape index (κ2) is 8.12. The van der Waals surface area contributed by atoms with Gasteiger partial charge in [0.15, 0.2) is 0 Å². The molecule has 2 nitrogen and oxygen atoms in total. The Bertz CT molecular complexity index is 271. The van der Waals surface area contributed by atoms with Gasteiger partial charge in [0.05, 0.1) is 6.04 Å². The van der Waals surface area contributed by atoms with E-state index in [4.69, 9.17) is 0 Å². The van der Waals surface area contributed by atoms with Crippen molar-refractivity contribution in [1.29, 1.82) is 0 Å². The molecule has 0 aliphatic rings. The van der Waals surface area contributed by atoms with E-state index in [9.17, 15) is 9.18 Å². The van der Waals surface area contributed by atoms with Gasteiger partial charge in [-0.1, -0.05) is 26.0 Å². The molecule has 0 saturated carbocycles. The third kappa shape index (κ3) is 5.27. The molecule has 1 atom stereocenters. The number of rotatable bonds is 4. The number of aldehydes is 1. The van der Waals surface area contributed by atoms with Crippen molar-refractivity contribution in [3.8, 4) is 0 Å². The van der Waals surface area contributed by atoms with Crippen molar-refractivity contribution in [3.63, 3.8) is 0 Å². The molecule has 84 valence electrons. The quantitative estimate of drug-likeness (QED) is 0.773. The van der Waals surface area contributed by atoms with Crippen LogP contribution in [0.1, 0.15) is 19.4 Å². The summed E-state index contributed by atoms with van der Waals surface area (Å²) in [6.45, 7) is 4.00. The third-order valence-electron chi connectivity index (χ3n) is 1.90. The Morgan fingerprint density at radius 3 is 2.27 bits per heavy atom. The van der Waals surface area contributed by atoms with Gasteiger partial charge >= 0.3 is 0 Å². The largest absolute Gasteiger partial charge is 0.311 e. The van der Waals surface area contributed by atoms with Crippen LogP contribution in [0.4, 0.5) is 4.39 Å². The van der Waals surface area contributed by atoms with Crippen molar-refractivity contribution in [2.75, 3.05) is 7.05 Å². The summed E-state index contributed by atoms with van der Waals surface area (Å²) in [4.78, 5) is 10.5. The first-order valence-electron chi connectivity index (χ1n) is 5.13. The number of likely N-dealkylation sites (N-methyl/N-ethyl adjacent to an activating group) is 1. The van der Waals surface area contributed by atoms with Gasteiger partial charge in [-0.2, -0.15) is 0 Å². The van der Waals surface area contributed by atoms with Gasteiger partial charge in [-0.3, -0.25) is 0 Å². The average Bonchev–Trinajstić information content (AvgIpc) is 2.31. The number of halogens is 1. The highest BCUT2D eigenvalue weighted by molar-refractivity contribution is 5.58. The molecule has 0 heterocycles. The zero-order valence-electron chi connectivity index (χ0n) is 9.46. The van der Waals surface area contributed by atoms with E-state index < -0.39 is 0 Å². The van der Waals surface area contributed by atoms with Crippen LogP contribution in [0.3, 0.4) is 0 Å². The standard InChI is InChI=1S/C10H12FNO.C2H6/c1-12-10(7-13)6-8-2-4-9(11)5-3-8;1-2/h2-5,7,10,12H,6H2,1H3;1-2H3. The van der Waals surface area contributed by atoms with Gasteiger partial charge in [0, 0.05) is 0 Å². The van der Waals surface area contributed by atoms with Crippen molar-refractivity contribution in [3.05, 3.63) is 35.6 Å². The summed E-state index contributed by atoms with van der Waals surface area (Å²) in [5.41, 5.74) is 0.952. The minimum Gasteiger partial charge on any atom is -0.311 e. The molecule has 0 fully saturated rings. The van der Waals surface area contributed by atoms with Gasteiger partial charge < -0.3 is 10.1 Å². The van der Waals surface area contributed by atoms with Gasteiger partial charge in [0.1, 0.15) is 12.1 Å². The Morgan fingerprint density at radius 2 is 1.87 bits per heavy atom. The van der Waals surface area contributed by atoms with E-state index in [2.05, 4.69) is 5.32 Å². The fourth-order valence-corrected chi connectivity index (χ4v) is 1.09. The molecule has 1 aromatic carbocycles. The average molecular weight is 211 g/mol.